The van der Waals surface area contributed by atoms with E-state index in [2.05, 4.69) is 99.0 Å². The lowest BCUT2D eigenvalue weighted by Gasteiger charge is -2.27. The highest BCUT2D eigenvalue weighted by atomic mass is 31.2. The molecule has 0 bridgehead atoms. The van der Waals surface area contributed by atoms with Crippen LogP contribution in [-0.2, 0) is 27.9 Å². The Kier molecular flexibility index (Phi) is 48.1. The quantitative estimate of drug-likeness (QED) is 0.0156. The van der Waals surface area contributed by atoms with Crippen LogP contribution in [0.4, 0.5) is 0 Å². The zero-order chi connectivity index (χ0) is 53.6. The number of rotatable bonds is 47. The summed E-state index contributed by atoms with van der Waals surface area (Å²) >= 11 is 0. The number of hydrogen-bond donors (Lipinski definition) is 2. The Morgan fingerprint density at radius 3 is 1.48 bits per heavy atom. The van der Waals surface area contributed by atoms with E-state index in [-0.39, 0.29) is 32.0 Å². The Balaban J connectivity index is 5.57. The van der Waals surface area contributed by atoms with Crippen molar-refractivity contribution in [1.82, 2.24) is 5.32 Å². The zero-order valence-electron chi connectivity index (χ0n) is 46.5. The number of allylic oxidation sites excluding steroid dienone is 25. The second-order valence-corrected chi connectivity index (χ2v) is 20.6. The molecule has 2 N–H and O–H groups in total. The van der Waals surface area contributed by atoms with E-state index in [4.69, 9.17) is 13.8 Å². The van der Waals surface area contributed by atoms with Crippen LogP contribution >= 0.6 is 7.82 Å². The van der Waals surface area contributed by atoms with Gasteiger partial charge in [0.15, 0.2) is 0 Å². The number of unbranched alkanes of at least 4 members (excludes halogenated alkanes) is 12. The molecule has 0 aliphatic carbocycles. The number of quaternary nitrogens is 1. The fourth-order valence-electron chi connectivity index (χ4n) is 6.87. The van der Waals surface area contributed by atoms with E-state index in [1.807, 2.05) is 100 Å². The van der Waals surface area contributed by atoms with Gasteiger partial charge in [0.05, 0.1) is 33.8 Å². The van der Waals surface area contributed by atoms with Crippen molar-refractivity contribution in [2.75, 3.05) is 40.9 Å². The normalized spacial score (nSPS) is 15.0. The molecule has 0 fully saturated rings. The average Bonchev–Trinajstić information content (AvgIpc) is 3.35. The molecule has 0 aromatic heterocycles. The van der Waals surface area contributed by atoms with Crippen LogP contribution < -0.4 is 5.32 Å². The molecule has 0 heterocycles. The van der Waals surface area contributed by atoms with E-state index in [1.54, 1.807) is 6.08 Å². The van der Waals surface area contributed by atoms with E-state index in [9.17, 15) is 19.0 Å². The Morgan fingerprint density at radius 2 is 0.959 bits per heavy atom. The number of hydrogen-bond acceptors (Lipinski definition) is 6. The van der Waals surface area contributed by atoms with Crippen LogP contribution in [0.15, 0.2) is 158 Å². The molecule has 0 aliphatic heterocycles. The lowest BCUT2D eigenvalue weighted by atomic mass is 10.1. The van der Waals surface area contributed by atoms with Gasteiger partial charge in [-0.05, 0) is 89.5 Å². The second kappa shape index (κ2) is 51.1. The summed E-state index contributed by atoms with van der Waals surface area (Å²) in [7, 11) is 1.39. The van der Waals surface area contributed by atoms with Crippen molar-refractivity contribution in [3.63, 3.8) is 0 Å². The van der Waals surface area contributed by atoms with Crippen LogP contribution in [0.25, 0.3) is 0 Å². The molecule has 0 radical (unpaired) electrons. The molecule has 1 amide bonds. The molecule has 3 unspecified atom stereocenters. The molecule has 3 atom stereocenters. The topological polar surface area (TPSA) is 111 Å². The van der Waals surface area contributed by atoms with Crippen molar-refractivity contribution in [1.29, 1.82) is 0 Å². The highest BCUT2D eigenvalue weighted by Gasteiger charge is 2.30. The van der Waals surface area contributed by atoms with Gasteiger partial charge in [-0.3, -0.25) is 18.6 Å². The molecule has 0 aliphatic rings. The zero-order valence-corrected chi connectivity index (χ0v) is 47.4. The number of amides is 1. The van der Waals surface area contributed by atoms with E-state index in [0.717, 1.165) is 83.5 Å². The molecule has 9 nitrogen and oxygen atoms in total. The number of carbonyl (C=O) groups is 2. The first-order valence-corrected chi connectivity index (χ1v) is 29.4. The lowest BCUT2D eigenvalue weighted by Crippen LogP contribution is -2.47. The summed E-state index contributed by atoms with van der Waals surface area (Å²) in [5.74, 6) is -0.673. The standard InChI is InChI=1S/C63H101N2O7P/c1-7-10-13-16-19-22-25-27-29-31-32-34-35-37-40-43-46-49-52-55-62(66)64-60(59-71-73(68,69)70-58-57-65(4,5)6)61(54-51-48-45-42-39-24-21-18-15-12-9-3)72-63(67)56-53-50-47-44-41-38-36-33-30-28-26-23-20-17-14-11-8-2/h10-11,13-14,17,19-20,22-23,26-30,32-34,36-38,40-41,46,49,51,54,60-61H,7-9,12,15-16,18,21,24-25,31,35,39,42-45,47-48,50,52-53,55-59H2,1-6H3,(H-,64,66,68,69)/p+1/b13-10-,14-11-,20-17+,22-19-,26-23+,29-27-,30-28-,34-32-,36-33+,40-37-,41-38+,49-46-,54-51+. The maximum atomic E-state index is 13.5. The molecule has 0 rings (SSSR count). The molecule has 0 aromatic rings. The smallest absolute Gasteiger partial charge is 0.456 e. The summed E-state index contributed by atoms with van der Waals surface area (Å²) < 4.78 is 30.5. The Labute approximate surface area is 446 Å². The Hall–Kier alpha value is -4.37. The van der Waals surface area contributed by atoms with Crippen molar-refractivity contribution in [2.24, 2.45) is 0 Å². The summed E-state index contributed by atoms with van der Waals surface area (Å²) in [5.41, 5.74) is 0. The second-order valence-electron chi connectivity index (χ2n) is 19.1. The first-order valence-electron chi connectivity index (χ1n) is 27.9. The predicted molar refractivity (Wildman–Crippen MR) is 313 cm³/mol. The molecule has 0 saturated heterocycles. The molecule has 73 heavy (non-hydrogen) atoms. The number of ether oxygens (including phenoxy) is 1. The molecule has 0 saturated carbocycles. The van der Waals surface area contributed by atoms with Gasteiger partial charge in [0.1, 0.15) is 19.3 Å². The summed E-state index contributed by atoms with van der Waals surface area (Å²) in [5, 5.41) is 2.98. The molecule has 0 spiro atoms. The Morgan fingerprint density at radius 1 is 0.507 bits per heavy atom. The minimum atomic E-state index is -4.49. The number of phosphoric ester groups is 1. The van der Waals surface area contributed by atoms with Gasteiger partial charge in [0.25, 0.3) is 0 Å². The van der Waals surface area contributed by atoms with Gasteiger partial charge < -0.3 is 19.4 Å². The van der Waals surface area contributed by atoms with Crippen molar-refractivity contribution >= 4 is 19.7 Å². The summed E-state index contributed by atoms with van der Waals surface area (Å²) in [6, 6.07) is -0.919. The lowest BCUT2D eigenvalue weighted by molar-refractivity contribution is -0.870. The number of phosphoric acid groups is 1. The summed E-state index contributed by atoms with van der Waals surface area (Å²) in [6.45, 7) is 6.61. The molecule has 10 heteroatoms. The van der Waals surface area contributed by atoms with E-state index < -0.39 is 25.9 Å². The Bertz CT molecular complexity index is 1800. The maximum Gasteiger partial charge on any atom is 0.472 e. The first-order chi connectivity index (χ1) is 35.4. The number of carbonyl (C=O) groups excluding carboxylic acids is 2. The van der Waals surface area contributed by atoms with Crippen LogP contribution in [0.5, 0.6) is 0 Å². The minimum absolute atomic E-state index is 0.00888. The van der Waals surface area contributed by atoms with Crippen molar-refractivity contribution in [2.45, 2.75) is 187 Å². The highest BCUT2D eigenvalue weighted by molar-refractivity contribution is 7.47. The van der Waals surface area contributed by atoms with Gasteiger partial charge in [-0.1, -0.05) is 230 Å². The van der Waals surface area contributed by atoms with Gasteiger partial charge in [0.2, 0.25) is 5.91 Å². The number of likely N-dealkylation sites (N-methyl/N-ethyl adjacent to an activating group) is 1. The van der Waals surface area contributed by atoms with Gasteiger partial charge in [-0.25, -0.2) is 4.57 Å². The number of nitrogens with zero attached hydrogens (tertiary/aromatic N) is 1. The van der Waals surface area contributed by atoms with Crippen LogP contribution in [0.2, 0.25) is 0 Å². The number of esters is 1. The average molecular weight is 1030 g/mol. The third-order valence-electron chi connectivity index (χ3n) is 11.1. The van der Waals surface area contributed by atoms with E-state index in [0.29, 0.717) is 23.9 Å². The third kappa shape index (κ3) is 52.3. The van der Waals surface area contributed by atoms with Crippen molar-refractivity contribution in [3.8, 4) is 0 Å². The van der Waals surface area contributed by atoms with Crippen LogP contribution in [0.3, 0.4) is 0 Å². The van der Waals surface area contributed by atoms with Crippen LogP contribution in [-0.4, -0.2) is 74.3 Å². The molecule has 0 aromatic carbocycles. The minimum Gasteiger partial charge on any atom is -0.456 e. The predicted octanol–water partition coefficient (Wildman–Crippen LogP) is 16.9. The van der Waals surface area contributed by atoms with Crippen molar-refractivity contribution in [3.05, 3.63) is 158 Å². The van der Waals surface area contributed by atoms with E-state index in [1.165, 1.54) is 44.9 Å². The van der Waals surface area contributed by atoms with Crippen LogP contribution in [0, 0.1) is 0 Å². The monoisotopic (exact) mass is 1030 g/mol. The highest BCUT2D eigenvalue weighted by Crippen LogP contribution is 2.43. The fraction of sp³-hybridized carbons (Fsp3) is 0.556. The summed E-state index contributed by atoms with van der Waals surface area (Å²) in [4.78, 5) is 37.5. The van der Waals surface area contributed by atoms with Gasteiger partial charge in [0, 0.05) is 12.8 Å². The van der Waals surface area contributed by atoms with Gasteiger partial charge in [-0.15, -0.1) is 0 Å². The van der Waals surface area contributed by atoms with Crippen molar-refractivity contribution < 1.29 is 37.3 Å². The largest absolute Gasteiger partial charge is 0.472 e. The van der Waals surface area contributed by atoms with Gasteiger partial charge >= 0.3 is 13.8 Å². The molecule has 410 valence electrons. The third-order valence-corrected chi connectivity index (χ3v) is 12.1. The SMILES string of the molecule is CC\C=C/C=C/C=C/C=C\C=C\C=C\CCCCCC(=O)OC(/C=C/CCCCCCCCCCC)C(COP(=O)(O)OCC[N+](C)(C)C)NC(=O)CC/C=C\C/C=C\C/C=C\C/C=C\C/C=C\C/C=C\CC. The first kappa shape index (κ1) is 68.6. The van der Waals surface area contributed by atoms with Crippen LogP contribution in [0.1, 0.15) is 175 Å². The maximum absolute atomic E-state index is 13.5. The molecular formula is C63H102N2O7P+. The molecular weight excluding hydrogens is 928 g/mol. The van der Waals surface area contributed by atoms with E-state index >= 15 is 0 Å². The number of nitrogens with one attached hydrogen (secondary N) is 1. The van der Waals surface area contributed by atoms with Gasteiger partial charge in [-0.2, -0.15) is 0 Å². The summed E-state index contributed by atoms with van der Waals surface area (Å²) in [6.07, 6.45) is 75.4. The fourth-order valence-corrected chi connectivity index (χ4v) is 7.61.